The minimum atomic E-state index is 0. The third kappa shape index (κ3) is 5.51. The molecule has 7 heteroatoms. The first-order chi connectivity index (χ1) is 12.5. The van der Waals surface area contributed by atoms with Crippen LogP contribution >= 0.6 is 24.8 Å². The summed E-state index contributed by atoms with van der Waals surface area (Å²) in [5.74, 6) is 1.45. The topological polar surface area (TPSA) is 62.7 Å². The van der Waals surface area contributed by atoms with Crippen molar-refractivity contribution in [3.05, 3.63) is 59.5 Å². The van der Waals surface area contributed by atoms with Crippen molar-refractivity contribution in [2.75, 3.05) is 20.1 Å². The van der Waals surface area contributed by atoms with E-state index in [9.17, 15) is 4.79 Å². The molecular formula is C21H31Cl2N3O2. The van der Waals surface area contributed by atoms with Gasteiger partial charge in [-0.15, -0.1) is 24.8 Å². The number of carbonyl (C=O) groups is 1. The first-order valence-corrected chi connectivity index (χ1v) is 9.30. The SMILES string of the molecule is CC1CN(Cc2ccccc2)CC(C)C1N(C)C(=O)c1coc(CN)c1.Cl.Cl. The Bertz CT molecular complexity index is 726. The van der Waals surface area contributed by atoms with Gasteiger partial charge in [0.2, 0.25) is 0 Å². The average molecular weight is 428 g/mol. The molecule has 1 aliphatic rings. The van der Waals surface area contributed by atoms with Crippen LogP contribution in [0.1, 0.15) is 35.5 Å². The summed E-state index contributed by atoms with van der Waals surface area (Å²) in [7, 11) is 1.90. The second-order valence-electron chi connectivity index (χ2n) is 7.55. The lowest BCUT2D eigenvalue weighted by Gasteiger charge is -2.45. The molecule has 3 rings (SSSR count). The number of nitrogens with zero attached hydrogens (tertiary/aromatic N) is 2. The van der Waals surface area contributed by atoms with E-state index in [1.54, 1.807) is 6.07 Å². The predicted molar refractivity (Wildman–Crippen MR) is 117 cm³/mol. The molecule has 1 aromatic heterocycles. The van der Waals surface area contributed by atoms with Gasteiger partial charge in [0.15, 0.2) is 0 Å². The van der Waals surface area contributed by atoms with Crippen LogP contribution in [0.3, 0.4) is 0 Å². The molecule has 0 radical (unpaired) electrons. The van der Waals surface area contributed by atoms with E-state index in [1.165, 1.54) is 11.8 Å². The zero-order chi connectivity index (χ0) is 18.7. The predicted octanol–water partition coefficient (Wildman–Crippen LogP) is 3.81. The van der Waals surface area contributed by atoms with Crippen LogP contribution in [0.25, 0.3) is 0 Å². The van der Waals surface area contributed by atoms with E-state index in [1.807, 2.05) is 18.0 Å². The Balaban J connectivity index is 0.00000196. The molecule has 0 aliphatic carbocycles. The van der Waals surface area contributed by atoms with Crippen LogP contribution < -0.4 is 5.73 Å². The van der Waals surface area contributed by atoms with Crippen LogP contribution in [0.4, 0.5) is 0 Å². The Labute approximate surface area is 180 Å². The van der Waals surface area contributed by atoms with Crippen LogP contribution in [0, 0.1) is 11.8 Å². The highest BCUT2D eigenvalue weighted by atomic mass is 35.5. The first-order valence-electron chi connectivity index (χ1n) is 9.30. The molecule has 156 valence electrons. The lowest BCUT2D eigenvalue weighted by molar-refractivity contribution is 0.0270. The Morgan fingerprint density at radius 2 is 1.79 bits per heavy atom. The number of furan rings is 1. The van der Waals surface area contributed by atoms with Crippen molar-refractivity contribution in [1.29, 1.82) is 0 Å². The lowest BCUT2D eigenvalue weighted by Crippen LogP contribution is -2.55. The summed E-state index contributed by atoms with van der Waals surface area (Å²) in [6.45, 7) is 7.72. The maximum absolute atomic E-state index is 12.8. The third-order valence-electron chi connectivity index (χ3n) is 5.38. The molecular weight excluding hydrogens is 397 g/mol. The number of rotatable bonds is 5. The number of halogens is 2. The van der Waals surface area contributed by atoms with E-state index in [2.05, 4.69) is 43.0 Å². The van der Waals surface area contributed by atoms with Gasteiger partial charge < -0.3 is 15.1 Å². The highest BCUT2D eigenvalue weighted by Gasteiger charge is 2.36. The van der Waals surface area contributed by atoms with Crippen LogP contribution in [0.15, 0.2) is 47.1 Å². The molecule has 2 aromatic rings. The van der Waals surface area contributed by atoms with Crippen molar-refractivity contribution in [2.24, 2.45) is 17.6 Å². The highest BCUT2D eigenvalue weighted by Crippen LogP contribution is 2.28. The number of hydrogen-bond donors (Lipinski definition) is 1. The molecule has 0 spiro atoms. The molecule has 0 saturated carbocycles. The van der Waals surface area contributed by atoms with Gasteiger partial charge in [0.1, 0.15) is 12.0 Å². The minimum Gasteiger partial charge on any atom is -0.467 e. The van der Waals surface area contributed by atoms with Crippen molar-refractivity contribution in [2.45, 2.75) is 33.0 Å². The van der Waals surface area contributed by atoms with Gasteiger partial charge in [-0.1, -0.05) is 44.2 Å². The molecule has 1 saturated heterocycles. The summed E-state index contributed by atoms with van der Waals surface area (Å²) in [6.07, 6.45) is 1.51. The second kappa shape index (κ2) is 10.9. The minimum absolute atomic E-state index is 0. The van der Waals surface area contributed by atoms with Crippen molar-refractivity contribution in [3.63, 3.8) is 0 Å². The Morgan fingerprint density at radius 3 is 2.32 bits per heavy atom. The van der Waals surface area contributed by atoms with E-state index in [0.717, 1.165) is 19.6 Å². The number of hydrogen-bond acceptors (Lipinski definition) is 4. The summed E-state index contributed by atoms with van der Waals surface area (Å²) < 4.78 is 5.33. The van der Waals surface area contributed by atoms with Gasteiger partial charge >= 0.3 is 0 Å². The van der Waals surface area contributed by atoms with Gasteiger partial charge in [-0.05, 0) is 23.5 Å². The second-order valence-corrected chi connectivity index (χ2v) is 7.55. The fourth-order valence-electron chi connectivity index (χ4n) is 4.34. The molecule has 1 fully saturated rings. The van der Waals surface area contributed by atoms with E-state index < -0.39 is 0 Å². The number of nitrogens with two attached hydrogens (primary N) is 1. The van der Waals surface area contributed by atoms with Gasteiger partial charge in [0.25, 0.3) is 5.91 Å². The molecule has 2 N–H and O–H groups in total. The molecule has 1 aliphatic heterocycles. The quantitative estimate of drug-likeness (QED) is 0.787. The molecule has 2 unspecified atom stereocenters. The Morgan fingerprint density at radius 1 is 1.18 bits per heavy atom. The Hall–Kier alpha value is -1.53. The standard InChI is InChI=1S/C21H29N3O2.2ClH/c1-15-11-24(13-17-7-5-4-6-8-17)12-16(2)20(15)23(3)21(25)18-9-19(10-22)26-14-18;;/h4-9,14-16,20H,10-13,22H2,1-3H3;2*1H. The third-order valence-corrected chi connectivity index (χ3v) is 5.38. The van der Waals surface area contributed by atoms with Gasteiger partial charge in [0.05, 0.1) is 12.1 Å². The van der Waals surface area contributed by atoms with Crippen LogP contribution in [0.2, 0.25) is 0 Å². The Kier molecular flexibility index (Phi) is 9.51. The van der Waals surface area contributed by atoms with E-state index >= 15 is 0 Å². The van der Waals surface area contributed by atoms with E-state index in [-0.39, 0.29) is 36.8 Å². The van der Waals surface area contributed by atoms with Crippen molar-refractivity contribution in [1.82, 2.24) is 9.80 Å². The van der Waals surface area contributed by atoms with Crippen molar-refractivity contribution in [3.8, 4) is 0 Å². The van der Waals surface area contributed by atoms with Crippen molar-refractivity contribution < 1.29 is 9.21 Å². The van der Waals surface area contributed by atoms with Gasteiger partial charge in [-0.3, -0.25) is 9.69 Å². The summed E-state index contributed by atoms with van der Waals surface area (Å²) in [4.78, 5) is 17.2. The summed E-state index contributed by atoms with van der Waals surface area (Å²) in [6, 6.07) is 12.5. The summed E-state index contributed by atoms with van der Waals surface area (Å²) in [5.41, 5.74) is 7.50. The van der Waals surface area contributed by atoms with E-state index in [4.69, 9.17) is 10.2 Å². The van der Waals surface area contributed by atoms with Crippen LogP contribution in [-0.4, -0.2) is 41.9 Å². The summed E-state index contributed by atoms with van der Waals surface area (Å²) >= 11 is 0. The molecule has 5 nitrogen and oxygen atoms in total. The highest BCUT2D eigenvalue weighted by molar-refractivity contribution is 5.94. The number of benzene rings is 1. The van der Waals surface area contributed by atoms with Gasteiger partial charge in [-0.2, -0.15) is 0 Å². The maximum Gasteiger partial charge on any atom is 0.257 e. The molecule has 2 atom stereocenters. The van der Waals surface area contributed by atoms with Gasteiger partial charge in [-0.25, -0.2) is 0 Å². The number of amides is 1. The maximum atomic E-state index is 12.8. The lowest BCUT2D eigenvalue weighted by atomic mass is 9.84. The number of likely N-dealkylation sites (tertiary alicyclic amines) is 1. The monoisotopic (exact) mass is 427 g/mol. The van der Waals surface area contributed by atoms with Crippen LogP contribution in [-0.2, 0) is 13.1 Å². The first kappa shape index (κ1) is 24.5. The summed E-state index contributed by atoms with van der Waals surface area (Å²) in [5, 5.41) is 0. The molecule has 1 aromatic carbocycles. The zero-order valence-electron chi connectivity index (χ0n) is 16.7. The fraction of sp³-hybridized carbons (Fsp3) is 0.476. The zero-order valence-corrected chi connectivity index (χ0v) is 18.3. The van der Waals surface area contributed by atoms with Crippen molar-refractivity contribution >= 4 is 30.7 Å². The normalized spacial score (nSPS) is 22.1. The van der Waals surface area contributed by atoms with Crippen LogP contribution in [0.5, 0.6) is 0 Å². The average Bonchev–Trinajstić information content (AvgIpc) is 3.10. The van der Waals surface area contributed by atoms with Gasteiger partial charge in [0, 0.05) is 32.7 Å². The number of carbonyl (C=O) groups excluding carboxylic acids is 1. The number of piperidine rings is 1. The molecule has 28 heavy (non-hydrogen) atoms. The fourth-order valence-corrected chi connectivity index (χ4v) is 4.34. The molecule has 2 heterocycles. The largest absolute Gasteiger partial charge is 0.467 e. The smallest absolute Gasteiger partial charge is 0.257 e. The molecule has 0 bridgehead atoms. The molecule has 1 amide bonds. The van der Waals surface area contributed by atoms with E-state index in [0.29, 0.717) is 29.7 Å².